The maximum absolute atomic E-state index is 12.4. The minimum absolute atomic E-state index is 0.0269. The highest BCUT2D eigenvalue weighted by Crippen LogP contribution is 2.24. The van der Waals surface area contributed by atoms with Gasteiger partial charge >= 0.3 is 6.03 Å². The molecule has 2 fully saturated rings. The van der Waals surface area contributed by atoms with Gasteiger partial charge in [-0.2, -0.15) is 11.8 Å². The molecule has 0 unspecified atom stereocenters. The molecule has 0 aliphatic carbocycles. The van der Waals surface area contributed by atoms with E-state index in [0.29, 0.717) is 25.7 Å². The van der Waals surface area contributed by atoms with Gasteiger partial charge in [0.05, 0.1) is 13.2 Å². The Bertz CT molecular complexity index is 485. The summed E-state index contributed by atoms with van der Waals surface area (Å²) in [6.07, 6.45) is 2.12. The summed E-state index contributed by atoms with van der Waals surface area (Å²) in [5, 5.41) is 3.15. The number of amides is 2. The minimum Gasteiger partial charge on any atom is -0.464 e. The first-order valence-electron chi connectivity index (χ1n) is 7.53. The van der Waals surface area contributed by atoms with Gasteiger partial charge in [-0.25, -0.2) is 4.79 Å². The molecule has 1 N–H and O–H groups in total. The molecule has 0 spiro atoms. The number of aryl methyl sites for hydroxylation is 1. The molecule has 3 rings (SSSR count). The largest absolute Gasteiger partial charge is 0.464 e. The summed E-state index contributed by atoms with van der Waals surface area (Å²) >= 11 is 1.92. The lowest BCUT2D eigenvalue weighted by atomic mass is 10.2. The molecule has 116 valence electrons. The van der Waals surface area contributed by atoms with E-state index in [9.17, 15) is 4.79 Å². The second kappa shape index (κ2) is 6.75. The Balaban J connectivity index is 1.56. The summed E-state index contributed by atoms with van der Waals surface area (Å²) in [7, 11) is 0. The van der Waals surface area contributed by atoms with Crippen molar-refractivity contribution in [2.75, 3.05) is 31.2 Å². The van der Waals surface area contributed by atoms with Crippen LogP contribution < -0.4 is 5.32 Å². The number of furan rings is 1. The molecule has 0 radical (unpaired) electrons. The van der Waals surface area contributed by atoms with Crippen molar-refractivity contribution in [1.29, 1.82) is 0 Å². The van der Waals surface area contributed by atoms with E-state index in [0.717, 1.165) is 23.7 Å². The number of morpholine rings is 1. The van der Waals surface area contributed by atoms with Gasteiger partial charge in [0.15, 0.2) is 0 Å². The van der Waals surface area contributed by atoms with Crippen LogP contribution in [0, 0.1) is 6.92 Å². The van der Waals surface area contributed by atoms with E-state index in [1.165, 1.54) is 12.2 Å². The van der Waals surface area contributed by atoms with E-state index in [1.807, 2.05) is 35.7 Å². The smallest absolute Gasteiger partial charge is 0.317 e. The van der Waals surface area contributed by atoms with Gasteiger partial charge < -0.3 is 19.4 Å². The van der Waals surface area contributed by atoms with Crippen molar-refractivity contribution in [1.82, 2.24) is 10.2 Å². The van der Waals surface area contributed by atoms with E-state index >= 15 is 0 Å². The van der Waals surface area contributed by atoms with Crippen molar-refractivity contribution in [2.45, 2.75) is 31.9 Å². The number of carbonyl (C=O) groups is 1. The maximum Gasteiger partial charge on any atom is 0.317 e. The van der Waals surface area contributed by atoms with Crippen LogP contribution in [0.3, 0.4) is 0 Å². The Morgan fingerprint density at radius 1 is 1.48 bits per heavy atom. The molecule has 21 heavy (non-hydrogen) atoms. The first kappa shape index (κ1) is 14.8. The van der Waals surface area contributed by atoms with Crippen molar-refractivity contribution in [3.8, 4) is 0 Å². The van der Waals surface area contributed by atoms with Gasteiger partial charge in [0.25, 0.3) is 0 Å². The molecule has 6 heteroatoms. The molecule has 2 aliphatic heterocycles. The number of thioether (sulfide) groups is 1. The number of hydrogen-bond acceptors (Lipinski definition) is 4. The van der Waals surface area contributed by atoms with Crippen LogP contribution in [0.5, 0.6) is 0 Å². The lowest BCUT2D eigenvalue weighted by Crippen LogP contribution is -2.50. The summed E-state index contributed by atoms with van der Waals surface area (Å²) in [5.74, 6) is 3.91. The molecule has 0 saturated carbocycles. The van der Waals surface area contributed by atoms with Crippen LogP contribution >= 0.6 is 11.8 Å². The second-order valence-electron chi connectivity index (χ2n) is 5.62. The fourth-order valence-electron chi connectivity index (χ4n) is 2.75. The average molecular weight is 310 g/mol. The first-order chi connectivity index (χ1) is 10.2. The molecule has 2 amide bonds. The summed E-state index contributed by atoms with van der Waals surface area (Å²) in [5.41, 5.74) is 0. The molecule has 3 heterocycles. The van der Waals surface area contributed by atoms with Crippen molar-refractivity contribution in [3.63, 3.8) is 0 Å². The normalized spacial score (nSPS) is 26.6. The Labute approximate surface area is 129 Å². The third-order valence-corrected chi connectivity index (χ3v) is 5.14. The zero-order valence-electron chi connectivity index (χ0n) is 12.3. The number of nitrogens with one attached hydrogen (secondary N) is 1. The Hall–Kier alpha value is -1.14. The predicted octanol–water partition coefficient (Wildman–Crippen LogP) is 2.57. The molecule has 1 aromatic heterocycles. The van der Waals surface area contributed by atoms with Gasteiger partial charge in [0.1, 0.15) is 17.6 Å². The zero-order valence-corrected chi connectivity index (χ0v) is 13.2. The van der Waals surface area contributed by atoms with E-state index in [4.69, 9.17) is 9.15 Å². The Morgan fingerprint density at radius 3 is 3.10 bits per heavy atom. The number of carbonyl (C=O) groups excluding carboxylic acids is 1. The van der Waals surface area contributed by atoms with E-state index < -0.39 is 0 Å². The van der Waals surface area contributed by atoms with Gasteiger partial charge in [-0.3, -0.25) is 0 Å². The monoisotopic (exact) mass is 310 g/mol. The van der Waals surface area contributed by atoms with Gasteiger partial charge in [-0.1, -0.05) is 0 Å². The van der Waals surface area contributed by atoms with E-state index in [2.05, 4.69) is 5.32 Å². The van der Waals surface area contributed by atoms with Crippen LogP contribution in [0.1, 0.15) is 30.5 Å². The highest BCUT2D eigenvalue weighted by atomic mass is 32.2. The first-order valence-corrected chi connectivity index (χ1v) is 8.69. The fourth-order valence-corrected chi connectivity index (χ4v) is 3.82. The third-order valence-electron chi connectivity index (χ3n) is 3.92. The zero-order chi connectivity index (χ0) is 14.7. The molecular weight excluding hydrogens is 288 g/mol. The van der Waals surface area contributed by atoms with Crippen LogP contribution in [0.2, 0.25) is 0 Å². The minimum atomic E-state index is -0.154. The summed E-state index contributed by atoms with van der Waals surface area (Å²) < 4.78 is 11.3. The van der Waals surface area contributed by atoms with Crippen LogP contribution in [0.4, 0.5) is 4.79 Å². The highest BCUT2D eigenvalue weighted by Gasteiger charge is 2.28. The quantitative estimate of drug-likeness (QED) is 0.912. The fraction of sp³-hybridized carbons (Fsp3) is 0.667. The van der Waals surface area contributed by atoms with Crippen molar-refractivity contribution in [3.05, 3.63) is 23.7 Å². The van der Waals surface area contributed by atoms with Crippen molar-refractivity contribution < 1.29 is 13.9 Å². The lowest BCUT2D eigenvalue weighted by molar-refractivity contribution is -0.0266. The molecule has 2 saturated heterocycles. The average Bonchev–Trinajstić information content (AvgIpc) is 2.95. The number of nitrogens with zero attached hydrogens (tertiary/aromatic N) is 1. The van der Waals surface area contributed by atoms with Gasteiger partial charge in [-0.05, 0) is 37.7 Å². The second-order valence-corrected chi connectivity index (χ2v) is 6.77. The Morgan fingerprint density at radius 2 is 2.38 bits per heavy atom. The summed E-state index contributed by atoms with van der Waals surface area (Å²) in [4.78, 5) is 14.2. The van der Waals surface area contributed by atoms with Crippen molar-refractivity contribution >= 4 is 17.8 Å². The number of ether oxygens (including phenoxy) is 1. The Kier molecular flexibility index (Phi) is 4.75. The summed E-state index contributed by atoms with van der Waals surface area (Å²) in [6.45, 7) is 3.66. The molecule has 0 aromatic carbocycles. The SMILES string of the molecule is Cc1ccc([C@H]2CN(C(=O)N[C@@H]3CCCSC3)CCO2)o1. The van der Waals surface area contributed by atoms with Crippen LogP contribution in [0.15, 0.2) is 16.5 Å². The number of rotatable bonds is 2. The molecule has 2 atom stereocenters. The van der Waals surface area contributed by atoms with Gasteiger partial charge in [0, 0.05) is 18.3 Å². The third kappa shape index (κ3) is 3.74. The molecule has 2 aliphatic rings. The van der Waals surface area contributed by atoms with Crippen LogP contribution in [0.25, 0.3) is 0 Å². The number of urea groups is 1. The standard InChI is InChI=1S/C15H22N2O3S/c1-11-4-5-13(20-11)14-9-17(6-7-19-14)15(18)16-12-3-2-8-21-10-12/h4-5,12,14H,2-3,6-10H2,1H3,(H,16,18)/t12-,14-/m1/s1. The van der Waals surface area contributed by atoms with Gasteiger partial charge in [-0.15, -0.1) is 0 Å². The number of hydrogen-bond donors (Lipinski definition) is 1. The molecule has 5 nitrogen and oxygen atoms in total. The van der Waals surface area contributed by atoms with Crippen LogP contribution in [-0.4, -0.2) is 48.2 Å². The maximum atomic E-state index is 12.4. The lowest BCUT2D eigenvalue weighted by Gasteiger charge is -2.33. The van der Waals surface area contributed by atoms with E-state index in [-0.39, 0.29) is 12.1 Å². The molecule has 1 aromatic rings. The highest BCUT2D eigenvalue weighted by molar-refractivity contribution is 7.99. The topological polar surface area (TPSA) is 54.7 Å². The predicted molar refractivity (Wildman–Crippen MR) is 82.6 cm³/mol. The molecule has 0 bridgehead atoms. The van der Waals surface area contributed by atoms with Gasteiger partial charge in [0.2, 0.25) is 0 Å². The van der Waals surface area contributed by atoms with Crippen LogP contribution in [-0.2, 0) is 4.74 Å². The summed E-state index contributed by atoms with van der Waals surface area (Å²) in [6, 6.07) is 4.19. The molecular formula is C15H22N2O3S. The van der Waals surface area contributed by atoms with Crippen molar-refractivity contribution in [2.24, 2.45) is 0 Å². The van der Waals surface area contributed by atoms with E-state index in [1.54, 1.807) is 0 Å².